The van der Waals surface area contributed by atoms with Crippen molar-refractivity contribution >= 4 is 19.5 Å². The molecule has 0 aliphatic rings. The van der Waals surface area contributed by atoms with Crippen LogP contribution in [-0.2, 0) is 32.7 Å². The quantitative estimate of drug-likeness (QED) is 0.334. The molecule has 154 valence electrons. The van der Waals surface area contributed by atoms with Gasteiger partial charge in [-0.05, 0) is 41.5 Å². The van der Waals surface area contributed by atoms with Gasteiger partial charge in [-0.1, -0.05) is 13.8 Å². The molecule has 0 aromatic carbocycles. The number of alkyl halides is 2. The minimum atomic E-state index is -5.08. The van der Waals surface area contributed by atoms with E-state index in [1.807, 2.05) is 0 Å². The monoisotopic (exact) mass is 402 g/mol. The van der Waals surface area contributed by atoms with E-state index in [1.165, 1.54) is 0 Å². The van der Waals surface area contributed by atoms with E-state index in [9.17, 15) is 22.9 Å². The molecule has 0 bridgehead atoms. The molecule has 0 N–H and O–H groups in total. The Morgan fingerprint density at radius 2 is 1.15 bits per heavy atom. The molecule has 0 unspecified atom stereocenters. The van der Waals surface area contributed by atoms with E-state index < -0.39 is 55.5 Å². The summed E-state index contributed by atoms with van der Waals surface area (Å²) in [5.74, 6) is -2.85. The molecule has 0 rings (SSSR count). The van der Waals surface area contributed by atoms with Crippen LogP contribution in [0.3, 0.4) is 0 Å². The predicted octanol–water partition coefficient (Wildman–Crippen LogP) is 4.56. The van der Waals surface area contributed by atoms with Gasteiger partial charge in [-0.2, -0.15) is 8.78 Å². The fourth-order valence-electron chi connectivity index (χ4n) is 1.26. The summed E-state index contributed by atoms with van der Waals surface area (Å²) >= 11 is 0. The number of hydrogen-bond donors (Lipinski definition) is 0. The molecule has 0 heterocycles. The van der Waals surface area contributed by atoms with Crippen molar-refractivity contribution in [2.24, 2.45) is 16.7 Å². The van der Waals surface area contributed by atoms with Gasteiger partial charge in [0.2, 0.25) is 13.6 Å². The number of rotatable bonds is 8. The second kappa shape index (κ2) is 8.76. The number of esters is 2. The van der Waals surface area contributed by atoms with Gasteiger partial charge < -0.3 is 9.47 Å². The normalized spacial score (nSPS) is 13.7. The number of ether oxygens (including phenoxy) is 2. The highest BCUT2D eigenvalue weighted by Crippen LogP contribution is 2.64. The van der Waals surface area contributed by atoms with E-state index in [1.54, 1.807) is 41.5 Å². The molecule has 0 radical (unpaired) electrons. The second-order valence-electron chi connectivity index (χ2n) is 8.10. The maximum Gasteiger partial charge on any atom is 0.405 e. The zero-order chi connectivity index (χ0) is 21.0. The average molecular weight is 402 g/mol. The molecule has 10 heteroatoms. The minimum Gasteiger partial charge on any atom is -0.438 e. The Kier molecular flexibility index (Phi) is 8.41. The highest BCUT2D eigenvalue weighted by Gasteiger charge is 2.56. The van der Waals surface area contributed by atoms with E-state index in [0.717, 1.165) is 13.8 Å². The van der Waals surface area contributed by atoms with E-state index in [4.69, 9.17) is 9.47 Å². The lowest BCUT2D eigenvalue weighted by Crippen LogP contribution is -2.30. The van der Waals surface area contributed by atoms with Crippen molar-refractivity contribution in [3.8, 4) is 0 Å². The fraction of sp³-hybridized carbons (Fsp3) is 0.875. The van der Waals surface area contributed by atoms with Gasteiger partial charge in [0, 0.05) is 5.92 Å². The molecule has 0 saturated heterocycles. The van der Waals surface area contributed by atoms with Gasteiger partial charge in [0.25, 0.3) is 0 Å². The van der Waals surface area contributed by atoms with Gasteiger partial charge in [-0.3, -0.25) is 23.2 Å². The van der Waals surface area contributed by atoms with Crippen LogP contribution < -0.4 is 0 Å². The molecule has 0 amide bonds. The third kappa shape index (κ3) is 6.93. The van der Waals surface area contributed by atoms with Crippen LogP contribution in [0, 0.1) is 16.7 Å². The van der Waals surface area contributed by atoms with Crippen LogP contribution in [0.25, 0.3) is 0 Å². The van der Waals surface area contributed by atoms with Gasteiger partial charge in [-0.15, -0.1) is 0 Å². The van der Waals surface area contributed by atoms with Gasteiger partial charge in [0.15, 0.2) is 0 Å². The van der Waals surface area contributed by atoms with E-state index in [2.05, 4.69) is 9.05 Å². The molecule has 0 aliphatic carbocycles. The molecule has 0 saturated carbocycles. The summed E-state index contributed by atoms with van der Waals surface area (Å²) in [6.45, 7) is 9.62. The van der Waals surface area contributed by atoms with Crippen molar-refractivity contribution in [3.63, 3.8) is 0 Å². The van der Waals surface area contributed by atoms with E-state index >= 15 is 0 Å². The highest BCUT2D eigenvalue weighted by molar-refractivity contribution is 7.55. The first-order valence-corrected chi connectivity index (χ1v) is 9.61. The van der Waals surface area contributed by atoms with Crippen molar-refractivity contribution in [2.45, 2.75) is 61.1 Å². The zero-order valence-corrected chi connectivity index (χ0v) is 17.4. The average Bonchev–Trinajstić information content (AvgIpc) is 2.44. The molecule has 0 spiro atoms. The topological polar surface area (TPSA) is 88.1 Å². The molecular formula is C16H29F2O7P. The van der Waals surface area contributed by atoms with Crippen molar-refractivity contribution < 1.29 is 41.5 Å². The standard InChI is InChI=1S/C16H29F2O7P/c1-11(2)16(17,18)26(21,24-9-22-12(19)14(3,4)5)25-10-23-13(20)15(6,7)8/h11H,9-10H2,1-8H3. The summed E-state index contributed by atoms with van der Waals surface area (Å²) < 4.78 is 59.9. The lowest BCUT2D eigenvalue weighted by molar-refractivity contribution is -0.163. The van der Waals surface area contributed by atoms with Crippen LogP contribution in [0.1, 0.15) is 55.4 Å². The third-order valence-corrected chi connectivity index (χ3v) is 5.25. The maximum absolute atomic E-state index is 14.3. The van der Waals surface area contributed by atoms with Gasteiger partial charge in [0.05, 0.1) is 10.8 Å². The van der Waals surface area contributed by atoms with Crippen molar-refractivity contribution in [1.29, 1.82) is 0 Å². The Morgan fingerprint density at radius 1 is 0.846 bits per heavy atom. The first-order valence-electron chi connectivity index (χ1n) is 8.06. The number of carbonyl (C=O) groups excluding carboxylic acids is 2. The second-order valence-corrected chi connectivity index (χ2v) is 10.2. The Morgan fingerprint density at radius 3 is 1.38 bits per heavy atom. The summed E-state index contributed by atoms with van der Waals surface area (Å²) in [5.41, 5.74) is -5.66. The van der Waals surface area contributed by atoms with E-state index in [-0.39, 0.29) is 0 Å². The molecule has 0 aromatic heterocycles. The van der Waals surface area contributed by atoms with E-state index in [0.29, 0.717) is 0 Å². The van der Waals surface area contributed by atoms with Crippen LogP contribution in [0.5, 0.6) is 0 Å². The molecule has 7 nitrogen and oxygen atoms in total. The maximum atomic E-state index is 14.3. The molecular weight excluding hydrogens is 373 g/mol. The summed E-state index contributed by atoms with van der Waals surface area (Å²) in [4.78, 5) is 23.3. The SMILES string of the molecule is CC(C)C(F)(F)P(=O)(OCOC(=O)C(C)(C)C)OCOC(=O)C(C)(C)C. The Balaban J connectivity index is 5.08. The Bertz CT molecular complexity index is 512. The Hall–Kier alpha value is -1.05. The predicted molar refractivity (Wildman–Crippen MR) is 90.4 cm³/mol. The highest BCUT2D eigenvalue weighted by atomic mass is 31.2. The first-order chi connectivity index (χ1) is 11.4. The summed E-state index contributed by atoms with van der Waals surface area (Å²) in [7, 11) is -5.08. The van der Waals surface area contributed by atoms with Crippen molar-refractivity contribution in [2.75, 3.05) is 13.6 Å². The lowest BCUT2D eigenvalue weighted by Gasteiger charge is -2.29. The zero-order valence-electron chi connectivity index (χ0n) is 16.6. The number of halogens is 2. The Labute approximate surface area is 153 Å². The van der Waals surface area contributed by atoms with Gasteiger partial charge in [0.1, 0.15) is 0 Å². The van der Waals surface area contributed by atoms with Crippen LogP contribution in [0.4, 0.5) is 8.78 Å². The number of carbonyl (C=O) groups is 2. The summed E-state index contributed by atoms with van der Waals surface area (Å²) in [6, 6.07) is 0. The van der Waals surface area contributed by atoms with Crippen LogP contribution >= 0.6 is 7.60 Å². The van der Waals surface area contributed by atoms with Gasteiger partial charge >= 0.3 is 25.2 Å². The van der Waals surface area contributed by atoms with Crippen LogP contribution in [-0.4, -0.2) is 31.2 Å². The smallest absolute Gasteiger partial charge is 0.405 e. The molecule has 0 fully saturated rings. The van der Waals surface area contributed by atoms with Crippen LogP contribution in [0.15, 0.2) is 0 Å². The molecule has 0 atom stereocenters. The van der Waals surface area contributed by atoms with Crippen molar-refractivity contribution in [3.05, 3.63) is 0 Å². The summed E-state index contributed by atoms with van der Waals surface area (Å²) in [5, 5.41) is 0. The first kappa shape index (κ1) is 24.9. The minimum absolute atomic E-state index is 0.726. The lowest BCUT2D eigenvalue weighted by atomic mass is 9.98. The third-order valence-electron chi connectivity index (χ3n) is 3.11. The molecule has 26 heavy (non-hydrogen) atoms. The van der Waals surface area contributed by atoms with Gasteiger partial charge in [-0.25, -0.2) is 0 Å². The van der Waals surface area contributed by atoms with Crippen molar-refractivity contribution in [1.82, 2.24) is 0 Å². The molecule has 0 aliphatic heterocycles. The number of hydrogen-bond acceptors (Lipinski definition) is 7. The largest absolute Gasteiger partial charge is 0.438 e. The fourth-order valence-corrected chi connectivity index (χ4v) is 2.69. The molecule has 0 aromatic rings. The van der Waals surface area contributed by atoms with Crippen LogP contribution in [0.2, 0.25) is 0 Å². The summed E-state index contributed by atoms with van der Waals surface area (Å²) in [6.07, 6.45) is 0.